The minimum Gasteiger partial charge on any atom is -0.495 e. The minimum absolute atomic E-state index is 0.229. The van der Waals surface area contributed by atoms with Gasteiger partial charge in [0.1, 0.15) is 5.75 Å². The van der Waals surface area contributed by atoms with Crippen molar-refractivity contribution >= 4 is 22.5 Å². The molecule has 6 nitrogen and oxygen atoms in total. The second-order valence-corrected chi connectivity index (χ2v) is 9.97. The van der Waals surface area contributed by atoms with Crippen molar-refractivity contribution in [2.24, 2.45) is 0 Å². The highest BCUT2D eigenvalue weighted by molar-refractivity contribution is 5.88. The van der Waals surface area contributed by atoms with E-state index in [4.69, 9.17) is 4.74 Å². The fraction of sp³-hybridized carbons (Fsp3) is 0.464. The SMILES string of the molecule is COc1ccccc1N1CCN(CC(=O)N2CCn3c4c(c5cc(C)ccc53)CCC[C@@H]42)CC1. The highest BCUT2D eigenvalue weighted by Gasteiger charge is 2.37. The number of ether oxygens (including phenoxy) is 1. The van der Waals surface area contributed by atoms with Gasteiger partial charge in [-0.05, 0) is 56.0 Å². The number of nitrogens with zero attached hydrogens (tertiary/aromatic N) is 4. The van der Waals surface area contributed by atoms with Crippen LogP contribution in [0, 0.1) is 6.92 Å². The Labute approximate surface area is 201 Å². The first kappa shape index (κ1) is 21.5. The number of piperazine rings is 1. The topological polar surface area (TPSA) is 41.0 Å². The predicted octanol–water partition coefficient (Wildman–Crippen LogP) is 4.00. The first-order valence-corrected chi connectivity index (χ1v) is 12.7. The maximum atomic E-state index is 13.5. The molecule has 6 rings (SSSR count). The van der Waals surface area contributed by atoms with Gasteiger partial charge in [-0.3, -0.25) is 9.69 Å². The Kier molecular flexibility index (Phi) is 5.48. The number of hydrogen-bond donors (Lipinski definition) is 0. The van der Waals surface area contributed by atoms with Gasteiger partial charge in [-0.15, -0.1) is 0 Å². The van der Waals surface area contributed by atoms with Gasteiger partial charge < -0.3 is 19.1 Å². The number of amides is 1. The summed E-state index contributed by atoms with van der Waals surface area (Å²) >= 11 is 0. The number of para-hydroxylation sites is 2. The van der Waals surface area contributed by atoms with Gasteiger partial charge in [0, 0.05) is 55.9 Å². The Bertz CT molecular complexity index is 1220. The summed E-state index contributed by atoms with van der Waals surface area (Å²) in [6.45, 7) is 8.02. The number of carbonyl (C=O) groups is 1. The molecule has 1 aromatic heterocycles. The molecule has 0 saturated carbocycles. The Morgan fingerprint density at radius 1 is 1.03 bits per heavy atom. The Hall–Kier alpha value is -2.99. The highest BCUT2D eigenvalue weighted by atomic mass is 16.5. The molecule has 1 saturated heterocycles. The van der Waals surface area contributed by atoms with Crippen molar-refractivity contribution in [1.29, 1.82) is 0 Å². The summed E-state index contributed by atoms with van der Waals surface area (Å²) < 4.78 is 8.05. The van der Waals surface area contributed by atoms with E-state index < -0.39 is 0 Å². The van der Waals surface area contributed by atoms with Crippen LogP contribution in [0.4, 0.5) is 5.69 Å². The van der Waals surface area contributed by atoms with Crippen LogP contribution in [0.5, 0.6) is 5.75 Å². The van der Waals surface area contributed by atoms with Gasteiger partial charge in [0.2, 0.25) is 5.91 Å². The van der Waals surface area contributed by atoms with Crippen molar-refractivity contribution in [1.82, 2.24) is 14.4 Å². The third kappa shape index (κ3) is 3.56. The lowest BCUT2D eigenvalue weighted by Gasteiger charge is -2.42. The van der Waals surface area contributed by atoms with Crippen molar-refractivity contribution < 1.29 is 9.53 Å². The summed E-state index contributed by atoms with van der Waals surface area (Å²) in [4.78, 5) is 20.4. The van der Waals surface area contributed by atoms with Gasteiger partial charge in [0.05, 0.1) is 25.4 Å². The van der Waals surface area contributed by atoms with Crippen LogP contribution in [0.2, 0.25) is 0 Å². The number of methoxy groups -OCH3 is 1. The molecular formula is C28H34N4O2. The molecule has 1 amide bonds. The zero-order valence-electron chi connectivity index (χ0n) is 20.3. The van der Waals surface area contributed by atoms with Crippen molar-refractivity contribution in [3.05, 3.63) is 59.3 Å². The Morgan fingerprint density at radius 3 is 2.68 bits per heavy atom. The van der Waals surface area contributed by atoms with E-state index in [9.17, 15) is 4.79 Å². The van der Waals surface area contributed by atoms with Crippen LogP contribution in [-0.2, 0) is 17.8 Å². The van der Waals surface area contributed by atoms with E-state index in [2.05, 4.69) is 56.5 Å². The summed E-state index contributed by atoms with van der Waals surface area (Å²) in [7, 11) is 1.73. The molecule has 0 radical (unpaired) electrons. The summed E-state index contributed by atoms with van der Waals surface area (Å²) in [6, 6.07) is 15.3. The summed E-state index contributed by atoms with van der Waals surface area (Å²) in [6.07, 6.45) is 3.37. The third-order valence-corrected chi connectivity index (χ3v) is 8.01. The lowest BCUT2D eigenvalue weighted by Crippen LogP contribution is -2.52. The second-order valence-electron chi connectivity index (χ2n) is 9.97. The molecule has 1 atom stereocenters. The van der Waals surface area contributed by atoms with E-state index in [1.165, 1.54) is 27.7 Å². The number of aromatic nitrogens is 1. The van der Waals surface area contributed by atoms with E-state index in [0.717, 1.165) is 70.0 Å². The lowest BCUT2D eigenvalue weighted by atomic mass is 9.89. The lowest BCUT2D eigenvalue weighted by molar-refractivity contribution is -0.136. The fourth-order valence-electron chi connectivity index (χ4n) is 6.34. The van der Waals surface area contributed by atoms with Gasteiger partial charge in [-0.1, -0.05) is 23.8 Å². The van der Waals surface area contributed by atoms with E-state index >= 15 is 0 Å². The molecule has 0 N–H and O–H groups in total. The normalized spacial score (nSPS) is 20.5. The molecule has 0 bridgehead atoms. The van der Waals surface area contributed by atoms with E-state index in [1.54, 1.807) is 7.11 Å². The summed E-state index contributed by atoms with van der Waals surface area (Å²) in [5.41, 5.74) is 6.70. The summed E-state index contributed by atoms with van der Waals surface area (Å²) in [5.74, 6) is 1.20. The molecule has 34 heavy (non-hydrogen) atoms. The molecule has 178 valence electrons. The van der Waals surface area contributed by atoms with Gasteiger partial charge in [0.25, 0.3) is 0 Å². The monoisotopic (exact) mass is 458 g/mol. The van der Waals surface area contributed by atoms with Crippen LogP contribution in [0.15, 0.2) is 42.5 Å². The van der Waals surface area contributed by atoms with Gasteiger partial charge in [0.15, 0.2) is 0 Å². The number of fused-ring (bicyclic) bond motifs is 3. The predicted molar refractivity (Wildman–Crippen MR) is 136 cm³/mol. The van der Waals surface area contributed by atoms with Crippen molar-refractivity contribution in [3.8, 4) is 5.75 Å². The zero-order valence-corrected chi connectivity index (χ0v) is 20.3. The molecular weight excluding hydrogens is 424 g/mol. The molecule has 2 aliphatic heterocycles. The van der Waals surface area contributed by atoms with Gasteiger partial charge in [-0.2, -0.15) is 0 Å². The number of rotatable bonds is 4. The molecule has 1 aliphatic carbocycles. The van der Waals surface area contributed by atoms with E-state index in [-0.39, 0.29) is 11.9 Å². The largest absolute Gasteiger partial charge is 0.495 e. The Balaban J connectivity index is 1.16. The van der Waals surface area contributed by atoms with E-state index in [0.29, 0.717) is 6.54 Å². The molecule has 0 spiro atoms. The first-order chi connectivity index (χ1) is 16.6. The summed E-state index contributed by atoms with van der Waals surface area (Å²) in [5, 5.41) is 1.40. The van der Waals surface area contributed by atoms with Gasteiger partial charge in [-0.25, -0.2) is 0 Å². The molecule has 2 aromatic carbocycles. The van der Waals surface area contributed by atoms with Gasteiger partial charge >= 0.3 is 0 Å². The van der Waals surface area contributed by atoms with Crippen LogP contribution >= 0.6 is 0 Å². The number of carbonyl (C=O) groups excluding carboxylic acids is 1. The van der Waals surface area contributed by atoms with Crippen molar-refractivity contribution in [3.63, 3.8) is 0 Å². The van der Waals surface area contributed by atoms with Crippen LogP contribution in [-0.4, -0.2) is 66.7 Å². The molecule has 1 fully saturated rings. The standard InChI is InChI=1S/C28H34N4O2/c1-20-10-11-23-22(18-20)21-6-5-8-25-28(21)32(23)17-16-31(25)27(33)19-29-12-14-30(15-13-29)24-7-3-4-9-26(24)34-2/h3-4,7,9-11,18,25H,5-6,8,12-17,19H2,1-2H3/t25-/m0/s1. The van der Waals surface area contributed by atoms with E-state index in [1.807, 2.05) is 12.1 Å². The van der Waals surface area contributed by atoms with Crippen LogP contribution < -0.4 is 9.64 Å². The quantitative estimate of drug-likeness (QED) is 0.593. The third-order valence-electron chi connectivity index (χ3n) is 8.01. The minimum atomic E-state index is 0.229. The molecule has 6 heteroatoms. The number of hydrogen-bond acceptors (Lipinski definition) is 4. The maximum absolute atomic E-state index is 13.5. The number of benzene rings is 2. The van der Waals surface area contributed by atoms with Crippen LogP contribution in [0.1, 0.15) is 35.7 Å². The van der Waals surface area contributed by atoms with Crippen LogP contribution in [0.3, 0.4) is 0 Å². The number of anilines is 1. The average Bonchev–Trinajstić information content (AvgIpc) is 3.19. The molecule has 0 unspecified atom stereocenters. The van der Waals surface area contributed by atoms with Crippen molar-refractivity contribution in [2.75, 3.05) is 51.3 Å². The first-order valence-electron chi connectivity index (χ1n) is 12.7. The molecule has 3 aromatic rings. The maximum Gasteiger partial charge on any atom is 0.237 e. The Morgan fingerprint density at radius 2 is 1.85 bits per heavy atom. The average molecular weight is 459 g/mol. The zero-order chi connectivity index (χ0) is 23.2. The smallest absolute Gasteiger partial charge is 0.237 e. The van der Waals surface area contributed by atoms with Crippen molar-refractivity contribution in [2.45, 2.75) is 38.8 Å². The fourth-order valence-corrected chi connectivity index (χ4v) is 6.34. The second kappa shape index (κ2) is 8.66. The number of aryl methyl sites for hydroxylation is 2. The highest BCUT2D eigenvalue weighted by Crippen LogP contribution is 2.42. The molecule has 3 heterocycles. The molecule has 3 aliphatic rings. The van der Waals surface area contributed by atoms with Crippen LogP contribution in [0.25, 0.3) is 10.9 Å².